The molecule has 0 bridgehead atoms. The van der Waals surface area contributed by atoms with Crippen molar-refractivity contribution >= 4 is 11.6 Å². The first-order valence-electron chi connectivity index (χ1n) is 4.48. The van der Waals surface area contributed by atoms with E-state index >= 15 is 0 Å². The van der Waals surface area contributed by atoms with Gasteiger partial charge in [0.05, 0.1) is 18.6 Å². The van der Waals surface area contributed by atoms with Crippen LogP contribution in [0.5, 0.6) is 0 Å². The van der Waals surface area contributed by atoms with E-state index in [1.165, 1.54) is 0 Å². The smallest absolute Gasteiger partial charge is 0.187 e. The van der Waals surface area contributed by atoms with Crippen LogP contribution >= 0.6 is 11.6 Å². The molecular formula is C10H9ClF2O2. The number of ether oxygens (including phenoxy) is 2. The summed E-state index contributed by atoms with van der Waals surface area (Å²) in [6.45, 7) is 0.296. The Morgan fingerprint density at radius 1 is 1.40 bits per heavy atom. The van der Waals surface area contributed by atoms with Gasteiger partial charge in [-0.05, 0) is 18.2 Å². The van der Waals surface area contributed by atoms with Crippen molar-refractivity contribution in [2.75, 3.05) is 12.5 Å². The molecule has 1 fully saturated rings. The van der Waals surface area contributed by atoms with Crippen molar-refractivity contribution in [3.8, 4) is 0 Å². The van der Waals surface area contributed by atoms with Crippen molar-refractivity contribution in [2.45, 2.75) is 12.4 Å². The van der Waals surface area contributed by atoms with E-state index in [4.69, 9.17) is 21.1 Å². The third-order valence-corrected chi connectivity index (χ3v) is 2.48. The molecule has 1 aliphatic rings. The van der Waals surface area contributed by atoms with E-state index in [0.29, 0.717) is 6.61 Å². The van der Waals surface area contributed by atoms with E-state index in [0.717, 1.165) is 18.2 Å². The molecule has 0 saturated carbocycles. The summed E-state index contributed by atoms with van der Waals surface area (Å²) in [6, 6.07) is 3.16. The average Bonchev–Trinajstić information content (AvgIpc) is 2.70. The van der Waals surface area contributed by atoms with E-state index in [1.54, 1.807) is 0 Å². The van der Waals surface area contributed by atoms with Gasteiger partial charge in [-0.25, -0.2) is 8.78 Å². The monoisotopic (exact) mass is 234 g/mol. The highest BCUT2D eigenvalue weighted by atomic mass is 35.5. The Balaban J connectivity index is 2.19. The fourth-order valence-corrected chi connectivity index (χ4v) is 1.55. The maximum Gasteiger partial charge on any atom is 0.187 e. The number of hydrogen-bond acceptors (Lipinski definition) is 2. The van der Waals surface area contributed by atoms with Crippen LogP contribution in [0.15, 0.2) is 18.2 Å². The van der Waals surface area contributed by atoms with Crippen molar-refractivity contribution in [1.29, 1.82) is 0 Å². The zero-order chi connectivity index (χ0) is 10.8. The molecule has 0 N–H and O–H groups in total. The van der Waals surface area contributed by atoms with E-state index in [9.17, 15) is 8.78 Å². The standard InChI is InChI=1S/C10H9ClF2O2/c11-4-7-5-14-10(15-7)8-3-6(12)1-2-9(8)13/h1-3,7,10H,4-5H2. The molecule has 2 nitrogen and oxygen atoms in total. The second-order valence-corrected chi connectivity index (χ2v) is 3.55. The Morgan fingerprint density at radius 3 is 2.87 bits per heavy atom. The molecule has 5 heteroatoms. The van der Waals surface area contributed by atoms with Crippen LogP contribution in [-0.4, -0.2) is 18.6 Å². The summed E-state index contributed by atoms with van der Waals surface area (Å²) in [7, 11) is 0. The first-order chi connectivity index (χ1) is 7.20. The molecule has 0 spiro atoms. The van der Waals surface area contributed by atoms with Crippen molar-refractivity contribution in [1.82, 2.24) is 0 Å². The van der Waals surface area contributed by atoms with Gasteiger partial charge in [-0.2, -0.15) is 0 Å². The van der Waals surface area contributed by atoms with E-state index in [1.807, 2.05) is 0 Å². The fraction of sp³-hybridized carbons (Fsp3) is 0.400. The highest BCUT2D eigenvalue weighted by Gasteiger charge is 2.28. The minimum absolute atomic E-state index is 0.0719. The van der Waals surface area contributed by atoms with Crippen LogP contribution in [0.3, 0.4) is 0 Å². The first-order valence-corrected chi connectivity index (χ1v) is 5.02. The molecule has 0 aliphatic carbocycles. The lowest BCUT2D eigenvalue weighted by Gasteiger charge is -2.11. The second-order valence-electron chi connectivity index (χ2n) is 3.24. The maximum absolute atomic E-state index is 13.3. The Bertz CT molecular complexity index is 359. The molecule has 1 heterocycles. The summed E-state index contributed by atoms with van der Waals surface area (Å²) in [5.74, 6) is -0.794. The van der Waals surface area contributed by atoms with Crippen molar-refractivity contribution < 1.29 is 18.3 Å². The number of rotatable bonds is 2. The molecule has 0 aromatic heterocycles. The third kappa shape index (κ3) is 2.27. The SMILES string of the molecule is Fc1ccc(F)c(C2OCC(CCl)O2)c1. The van der Waals surface area contributed by atoms with Crippen LogP contribution in [0.4, 0.5) is 8.78 Å². The van der Waals surface area contributed by atoms with Crippen LogP contribution in [0.1, 0.15) is 11.9 Å². The van der Waals surface area contributed by atoms with Gasteiger partial charge in [0.2, 0.25) is 0 Å². The first kappa shape index (κ1) is 10.8. The molecule has 0 radical (unpaired) electrons. The summed E-state index contributed by atoms with van der Waals surface area (Å²) in [5.41, 5.74) is 0.0719. The lowest BCUT2D eigenvalue weighted by atomic mass is 10.2. The molecule has 1 aliphatic heterocycles. The zero-order valence-corrected chi connectivity index (χ0v) is 8.51. The molecular weight excluding hydrogens is 226 g/mol. The van der Waals surface area contributed by atoms with Gasteiger partial charge < -0.3 is 9.47 Å². The van der Waals surface area contributed by atoms with Gasteiger partial charge in [-0.3, -0.25) is 0 Å². The molecule has 0 amide bonds. The Labute approximate surface area is 90.7 Å². The minimum atomic E-state index is -0.857. The van der Waals surface area contributed by atoms with Gasteiger partial charge in [-0.15, -0.1) is 11.6 Å². The number of benzene rings is 1. The number of hydrogen-bond donors (Lipinski definition) is 0. The molecule has 1 aromatic carbocycles. The summed E-state index contributed by atoms with van der Waals surface area (Å²) in [5, 5.41) is 0. The van der Waals surface area contributed by atoms with Crippen molar-refractivity contribution in [3.05, 3.63) is 35.4 Å². The highest BCUT2D eigenvalue weighted by Crippen LogP contribution is 2.29. The Morgan fingerprint density at radius 2 is 2.20 bits per heavy atom. The normalized spacial score (nSPS) is 25.8. The van der Waals surface area contributed by atoms with Gasteiger partial charge in [0.1, 0.15) is 11.6 Å². The fourth-order valence-electron chi connectivity index (χ4n) is 1.39. The Hall–Kier alpha value is -0.710. The zero-order valence-electron chi connectivity index (χ0n) is 7.75. The summed E-state index contributed by atoms with van der Waals surface area (Å²) >= 11 is 5.56. The van der Waals surface area contributed by atoms with Crippen LogP contribution in [0, 0.1) is 11.6 Å². The van der Waals surface area contributed by atoms with Gasteiger partial charge in [0.25, 0.3) is 0 Å². The van der Waals surface area contributed by atoms with Crippen LogP contribution in [0.25, 0.3) is 0 Å². The largest absolute Gasteiger partial charge is 0.346 e. The molecule has 1 aromatic rings. The van der Waals surface area contributed by atoms with Crippen LogP contribution in [-0.2, 0) is 9.47 Å². The maximum atomic E-state index is 13.3. The van der Waals surface area contributed by atoms with Gasteiger partial charge >= 0.3 is 0 Å². The lowest BCUT2D eigenvalue weighted by Crippen LogP contribution is -2.11. The molecule has 82 valence electrons. The predicted molar refractivity (Wildman–Crippen MR) is 50.6 cm³/mol. The highest BCUT2D eigenvalue weighted by molar-refractivity contribution is 6.18. The molecule has 2 atom stereocenters. The topological polar surface area (TPSA) is 18.5 Å². The third-order valence-electron chi connectivity index (χ3n) is 2.13. The second kappa shape index (κ2) is 4.43. The summed E-state index contributed by atoms with van der Waals surface area (Å²) in [6.07, 6.45) is -1.12. The number of halogens is 3. The van der Waals surface area contributed by atoms with E-state index < -0.39 is 17.9 Å². The minimum Gasteiger partial charge on any atom is -0.346 e. The lowest BCUT2D eigenvalue weighted by molar-refractivity contribution is -0.0591. The summed E-state index contributed by atoms with van der Waals surface area (Å²) in [4.78, 5) is 0. The molecule has 15 heavy (non-hydrogen) atoms. The van der Waals surface area contributed by atoms with Gasteiger partial charge in [0, 0.05) is 5.56 Å². The van der Waals surface area contributed by atoms with Gasteiger partial charge in [-0.1, -0.05) is 0 Å². The van der Waals surface area contributed by atoms with E-state index in [-0.39, 0.29) is 17.5 Å². The number of alkyl halides is 1. The van der Waals surface area contributed by atoms with Crippen LogP contribution < -0.4 is 0 Å². The summed E-state index contributed by atoms with van der Waals surface area (Å²) < 4.78 is 36.6. The van der Waals surface area contributed by atoms with E-state index in [2.05, 4.69) is 0 Å². The molecule has 2 unspecified atom stereocenters. The quantitative estimate of drug-likeness (QED) is 0.733. The molecule has 2 rings (SSSR count). The predicted octanol–water partition coefficient (Wildman–Crippen LogP) is 2.62. The average molecular weight is 235 g/mol. The van der Waals surface area contributed by atoms with Gasteiger partial charge in [0.15, 0.2) is 6.29 Å². The molecule has 1 saturated heterocycles. The van der Waals surface area contributed by atoms with Crippen molar-refractivity contribution in [3.63, 3.8) is 0 Å². The van der Waals surface area contributed by atoms with Crippen LogP contribution in [0.2, 0.25) is 0 Å². The Kier molecular flexibility index (Phi) is 3.19. The van der Waals surface area contributed by atoms with Crippen molar-refractivity contribution in [2.24, 2.45) is 0 Å².